The summed E-state index contributed by atoms with van der Waals surface area (Å²) in [7, 11) is 0. The van der Waals surface area contributed by atoms with Crippen molar-refractivity contribution < 1.29 is 13.6 Å². The minimum atomic E-state index is -0.714. The molecular weight excluding hydrogens is 332 g/mol. The minimum absolute atomic E-state index is 0.0275. The van der Waals surface area contributed by atoms with Gasteiger partial charge in [0.15, 0.2) is 5.78 Å². The van der Waals surface area contributed by atoms with E-state index in [2.05, 4.69) is 15.2 Å². The number of hydrogen-bond donors (Lipinski definition) is 1. The average Bonchev–Trinajstić information content (AvgIpc) is 3.24. The van der Waals surface area contributed by atoms with Gasteiger partial charge in [0.2, 0.25) is 5.16 Å². The highest BCUT2D eigenvalue weighted by atomic mass is 32.2. The molecule has 2 aromatic rings. The van der Waals surface area contributed by atoms with Gasteiger partial charge in [-0.3, -0.25) is 9.89 Å². The van der Waals surface area contributed by atoms with E-state index in [0.717, 1.165) is 54.5 Å². The lowest BCUT2D eigenvalue weighted by atomic mass is 10.0. The quantitative estimate of drug-likeness (QED) is 0.600. The number of carbonyl (C=O) groups is 1. The van der Waals surface area contributed by atoms with Crippen LogP contribution in [0.25, 0.3) is 0 Å². The van der Waals surface area contributed by atoms with Crippen LogP contribution in [-0.2, 0) is 6.42 Å². The van der Waals surface area contributed by atoms with Crippen LogP contribution in [0.1, 0.15) is 48.3 Å². The van der Waals surface area contributed by atoms with Crippen LogP contribution < -0.4 is 0 Å². The van der Waals surface area contributed by atoms with Gasteiger partial charge in [-0.25, -0.2) is 13.8 Å². The molecule has 1 aromatic carbocycles. The second-order valence-electron chi connectivity index (χ2n) is 6.09. The van der Waals surface area contributed by atoms with Gasteiger partial charge in [-0.1, -0.05) is 37.4 Å². The molecule has 0 saturated heterocycles. The number of aromatic nitrogens is 3. The maximum Gasteiger partial charge on any atom is 0.208 e. The zero-order valence-electron chi connectivity index (χ0n) is 13.2. The van der Waals surface area contributed by atoms with Crippen molar-refractivity contribution in [2.75, 3.05) is 5.75 Å². The van der Waals surface area contributed by atoms with Gasteiger partial charge in [0.25, 0.3) is 0 Å². The fraction of sp³-hybridized carbons (Fsp3) is 0.471. The van der Waals surface area contributed by atoms with Gasteiger partial charge in [-0.15, -0.1) is 5.10 Å². The lowest BCUT2D eigenvalue weighted by Crippen LogP contribution is -2.06. The normalized spacial score (nSPS) is 15.1. The van der Waals surface area contributed by atoms with E-state index in [-0.39, 0.29) is 11.3 Å². The molecule has 1 fully saturated rings. The van der Waals surface area contributed by atoms with Crippen molar-refractivity contribution >= 4 is 17.5 Å². The van der Waals surface area contributed by atoms with E-state index in [1.807, 2.05) is 0 Å². The van der Waals surface area contributed by atoms with E-state index >= 15 is 0 Å². The molecule has 0 amide bonds. The molecule has 1 heterocycles. The molecule has 0 atom stereocenters. The summed E-state index contributed by atoms with van der Waals surface area (Å²) in [6.45, 7) is 0. The van der Waals surface area contributed by atoms with Crippen LogP contribution in [0.3, 0.4) is 0 Å². The first-order chi connectivity index (χ1) is 11.6. The molecule has 1 aliphatic rings. The predicted octanol–water partition coefficient (Wildman–Crippen LogP) is 4.18. The summed E-state index contributed by atoms with van der Waals surface area (Å²) >= 11 is 1.12. The van der Waals surface area contributed by atoms with Crippen molar-refractivity contribution in [1.82, 2.24) is 15.2 Å². The number of thioether (sulfide) groups is 1. The number of aryl methyl sites for hydroxylation is 1. The van der Waals surface area contributed by atoms with E-state index in [1.54, 1.807) is 0 Å². The van der Waals surface area contributed by atoms with Crippen LogP contribution in [-0.4, -0.2) is 26.7 Å². The average molecular weight is 351 g/mol. The monoisotopic (exact) mass is 351 g/mol. The number of H-pyrrole nitrogens is 1. The van der Waals surface area contributed by atoms with Crippen LogP contribution >= 0.6 is 11.8 Å². The Labute approximate surface area is 143 Å². The standard InChI is InChI=1S/C17H19F2N3OS/c18-12-6-7-14(19)13(9-12)15(23)10-24-17-20-16(21-22-17)8-5-11-3-1-2-4-11/h6-7,9,11H,1-5,8,10H2,(H,20,21,22). The molecular formula is C17H19F2N3OS. The molecule has 3 rings (SSSR count). The number of benzene rings is 1. The Bertz CT molecular complexity index is 714. The summed E-state index contributed by atoms with van der Waals surface area (Å²) in [6, 6.07) is 2.87. The summed E-state index contributed by atoms with van der Waals surface area (Å²) in [6.07, 6.45) is 7.19. The van der Waals surface area contributed by atoms with Crippen LogP contribution in [0, 0.1) is 17.6 Å². The number of hydrogen-bond acceptors (Lipinski definition) is 4. The molecule has 1 saturated carbocycles. The van der Waals surface area contributed by atoms with Crippen molar-refractivity contribution in [2.24, 2.45) is 5.92 Å². The van der Waals surface area contributed by atoms with Crippen molar-refractivity contribution in [2.45, 2.75) is 43.7 Å². The first-order valence-corrected chi connectivity index (χ1v) is 9.12. The molecule has 0 spiro atoms. The highest BCUT2D eigenvalue weighted by Gasteiger charge is 2.17. The predicted molar refractivity (Wildman–Crippen MR) is 88.1 cm³/mol. The minimum Gasteiger partial charge on any atom is -0.293 e. The van der Waals surface area contributed by atoms with Crippen molar-refractivity contribution in [3.63, 3.8) is 0 Å². The van der Waals surface area contributed by atoms with Crippen LogP contribution in [0.15, 0.2) is 23.4 Å². The third-order valence-corrected chi connectivity index (χ3v) is 5.18. The number of aromatic amines is 1. The Morgan fingerprint density at radius 2 is 2.08 bits per heavy atom. The summed E-state index contributed by atoms with van der Waals surface area (Å²) in [4.78, 5) is 16.4. The maximum absolute atomic E-state index is 13.6. The molecule has 7 heteroatoms. The molecule has 0 radical (unpaired) electrons. The molecule has 24 heavy (non-hydrogen) atoms. The topological polar surface area (TPSA) is 58.6 Å². The Kier molecular flexibility index (Phi) is 5.60. The van der Waals surface area contributed by atoms with Gasteiger partial charge in [0.05, 0.1) is 11.3 Å². The largest absolute Gasteiger partial charge is 0.293 e. The number of carbonyl (C=O) groups excluding carboxylic acids is 1. The highest BCUT2D eigenvalue weighted by Crippen LogP contribution is 2.28. The van der Waals surface area contributed by atoms with Gasteiger partial charge >= 0.3 is 0 Å². The SMILES string of the molecule is O=C(CSc1n[nH]c(CCC2CCCC2)n1)c1cc(F)ccc1F. The number of rotatable bonds is 7. The van der Waals surface area contributed by atoms with E-state index < -0.39 is 17.4 Å². The summed E-state index contributed by atoms with van der Waals surface area (Å²) < 4.78 is 26.7. The van der Waals surface area contributed by atoms with E-state index in [4.69, 9.17) is 0 Å². The number of nitrogens with zero attached hydrogens (tertiary/aromatic N) is 2. The molecule has 0 unspecified atom stereocenters. The second kappa shape index (κ2) is 7.88. The zero-order valence-corrected chi connectivity index (χ0v) is 14.0. The number of ketones is 1. The van der Waals surface area contributed by atoms with Gasteiger partial charge < -0.3 is 0 Å². The second-order valence-corrected chi connectivity index (χ2v) is 7.03. The smallest absolute Gasteiger partial charge is 0.208 e. The van der Waals surface area contributed by atoms with Gasteiger partial charge in [-0.05, 0) is 30.5 Å². The fourth-order valence-corrected chi connectivity index (χ4v) is 3.71. The van der Waals surface area contributed by atoms with Gasteiger partial charge in [-0.2, -0.15) is 0 Å². The molecule has 0 bridgehead atoms. The Morgan fingerprint density at radius 1 is 1.29 bits per heavy atom. The summed E-state index contributed by atoms with van der Waals surface area (Å²) in [5.74, 6) is -0.252. The molecule has 128 valence electrons. The van der Waals surface area contributed by atoms with E-state index in [1.165, 1.54) is 25.7 Å². The van der Waals surface area contributed by atoms with E-state index in [9.17, 15) is 13.6 Å². The number of halogens is 2. The zero-order chi connectivity index (χ0) is 16.9. The van der Waals surface area contributed by atoms with Crippen LogP contribution in [0.2, 0.25) is 0 Å². The first kappa shape index (κ1) is 17.1. The Morgan fingerprint density at radius 3 is 2.88 bits per heavy atom. The van der Waals surface area contributed by atoms with Crippen molar-refractivity contribution in [3.8, 4) is 0 Å². The molecule has 1 N–H and O–H groups in total. The van der Waals surface area contributed by atoms with E-state index in [0.29, 0.717) is 5.16 Å². The highest BCUT2D eigenvalue weighted by molar-refractivity contribution is 7.99. The lowest BCUT2D eigenvalue weighted by Gasteiger charge is -2.05. The third kappa shape index (κ3) is 4.41. The van der Waals surface area contributed by atoms with Gasteiger partial charge in [0.1, 0.15) is 17.5 Å². The molecule has 1 aromatic heterocycles. The summed E-state index contributed by atoms with van der Waals surface area (Å²) in [5, 5.41) is 7.42. The number of nitrogens with one attached hydrogen (secondary N) is 1. The number of Topliss-reactive ketones (excluding diaryl/α,β-unsaturated/α-hetero) is 1. The fourth-order valence-electron chi connectivity index (χ4n) is 3.01. The Hall–Kier alpha value is -1.76. The molecule has 0 aliphatic heterocycles. The van der Waals surface area contributed by atoms with Crippen LogP contribution in [0.4, 0.5) is 8.78 Å². The van der Waals surface area contributed by atoms with Gasteiger partial charge in [0, 0.05) is 6.42 Å². The summed E-state index contributed by atoms with van der Waals surface area (Å²) in [5.41, 5.74) is -0.237. The van der Waals surface area contributed by atoms with Crippen molar-refractivity contribution in [3.05, 3.63) is 41.2 Å². The first-order valence-electron chi connectivity index (χ1n) is 8.14. The van der Waals surface area contributed by atoms with Crippen molar-refractivity contribution in [1.29, 1.82) is 0 Å². The van der Waals surface area contributed by atoms with Crippen LogP contribution in [0.5, 0.6) is 0 Å². The molecule has 4 nitrogen and oxygen atoms in total. The Balaban J connectivity index is 1.51. The molecule has 1 aliphatic carbocycles. The third-order valence-electron chi connectivity index (χ3n) is 4.34. The lowest BCUT2D eigenvalue weighted by molar-refractivity contribution is 0.101. The maximum atomic E-state index is 13.6.